The Hall–Kier alpha value is -2.50. The molecule has 3 heterocycles. The molecule has 0 aromatic carbocycles. The molecule has 0 atom stereocenters. The summed E-state index contributed by atoms with van der Waals surface area (Å²) in [6, 6.07) is 3.94. The third kappa shape index (κ3) is 3.69. The van der Waals surface area contributed by atoms with Crippen molar-refractivity contribution in [2.24, 2.45) is 14.1 Å². The van der Waals surface area contributed by atoms with Crippen LogP contribution in [0.25, 0.3) is 0 Å². The molecule has 0 N–H and O–H groups in total. The van der Waals surface area contributed by atoms with Crippen LogP contribution in [0.15, 0.2) is 24.5 Å². The third-order valence-corrected chi connectivity index (χ3v) is 5.39. The van der Waals surface area contributed by atoms with E-state index >= 15 is 0 Å². The third-order valence-electron chi connectivity index (χ3n) is 5.39. The van der Waals surface area contributed by atoms with Crippen molar-refractivity contribution in [1.29, 1.82) is 0 Å². The molecule has 0 aliphatic carbocycles. The zero-order valence-electron chi connectivity index (χ0n) is 16.2. The molecule has 0 unspecified atom stereocenters. The first-order chi connectivity index (χ1) is 12.4. The van der Waals surface area contributed by atoms with Gasteiger partial charge < -0.3 is 18.9 Å². The Bertz CT molecular complexity index is 818. The lowest BCUT2D eigenvalue weighted by Crippen LogP contribution is -2.38. The molecule has 3 rings (SSSR count). The maximum Gasteiger partial charge on any atom is 0.255 e. The Morgan fingerprint density at radius 2 is 1.73 bits per heavy atom. The van der Waals surface area contributed by atoms with Gasteiger partial charge in [-0.05, 0) is 38.0 Å². The molecule has 1 aliphatic rings. The molecule has 0 saturated carbocycles. The first-order valence-corrected chi connectivity index (χ1v) is 9.17. The van der Waals surface area contributed by atoms with E-state index in [2.05, 4.69) is 0 Å². The molecule has 0 bridgehead atoms. The van der Waals surface area contributed by atoms with Crippen molar-refractivity contribution < 1.29 is 9.59 Å². The van der Waals surface area contributed by atoms with Gasteiger partial charge in [0.2, 0.25) is 5.91 Å². The fourth-order valence-electron chi connectivity index (χ4n) is 3.56. The number of carbonyl (C=O) groups is 2. The van der Waals surface area contributed by atoms with Crippen LogP contribution >= 0.6 is 0 Å². The molecule has 6 heteroatoms. The van der Waals surface area contributed by atoms with E-state index in [4.69, 9.17) is 0 Å². The summed E-state index contributed by atoms with van der Waals surface area (Å²) in [5.74, 6) is 0.209. The highest BCUT2D eigenvalue weighted by atomic mass is 16.2. The Kier molecular flexibility index (Phi) is 5.20. The molecule has 26 heavy (non-hydrogen) atoms. The quantitative estimate of drug-likeness (QED) is 0.843. The molecule has 2 aromatic heterocycles. The van der Waals surface area contributed by atoms with Crippen molar-refractivity contribution >= 4 is 11.8 Å². The maximum atomic E-state index is 12.9. The minimum absolute atomic E-state index is 0.0727. The second-order valence-corrected chi connectivity index (χ2v) is 7.23. The van der Waals surface area contributed by atoms with Crippen LogP contribution in [0.3, 0.4) is 0 Å². The summed E-state index contributed by atoms with van der Waals surface area (Å²) in [4.78, 5) is 29.3. The van der Waals surface area contributed by atoms with E-state index < -0.39 is 0 Å². The highest BCUT2D eigenvalue weighted by molar-refractivity contribution is 5.95. The second kappa shape index (κ2) is 7.40. The number of amides is 2. The SMILES string of the molecule is Cc1cc(C(=O)N2CCCN(C(=O)Cc3ccn(C)c3)CC2)c(C)n1C. The van der Waals surface area contributed by atoms with E-state index in [9.17, 15) is 9.59 Å². The number of rotatable bonds is 3. The minimum Gasteiger partial charge on any atom is -0.357 e. The summed E-state index contributed by atoms with van der Waals surface area (Å²) in [7, 11) is 3.94. The number of aryl methyl sites for hydroxylation is 2. The van der Waals surface area contributed by atoms with Crippen molar-refractivity contribution in [3.63, 3.8) is 0 Å². The monoisotopic (exact) mass is 356 g/mol. The second-order valence-electron chi connectivity index (χ2n) is 7.23. The zero-order chi connectivity index (χ0) is 18.8. The largest absolute Gasteiger partial charge is 0.357 e. The van der Waals surface area contributed by atoms with Crippen LogP contribution in [0.2, 0.25) is 0 Å². The number of carbonyl (C=O) groups excluding carboxylic acids is 2. The Labute approximate surface area is 155 Å². The smallest absolute Gasteiger partial charge is 0.255 e. The normalized spacial score (nSPS) is 15.2. The van der Waals surface area contributed by atoms with Crippen LogP contribution in [0.4, 0.5) is 0 Å². The lowest BCUT2D eigenvalue weighted by molar-refractivity contribution is -0.130. The molecular formula is C20H28N4O2. The molecule has 1 aliphatic heterocycles. The summed E-state index contributed by atoms with van der Waals surface area (Å²) in [5.41, 5.74) is 3.88. The van der Waals surface area contributed by atoms with Gasteiger partial charge in [-0.1, -0.05) is 0 Å². The summed E-state index contributed by atoms with van der Waals surface area (Å²) >= 11 is 0. The molecule has 0 radical (unpaired) electrons. The van der Waals surface area contributed by atoms with Crippen molar-refractivity contribution in [3.8, 4) is 0 Å². The van der Waals surface area contributed by atoms with E-state index in [1.54, 1.807) is 0 Å². The lowest BCUT2D eigenvalue weighted by atomic mass is 10.2. The Balaban J connectivity index is 1.63. The average Bonchev–Trinajstić information content (AvgIpc) is 3.01. The molecule has 2 aromatic rings. The number of hydrogen-bond acceptors (Lipinski definition) is 2. The van der Waals surface area contributed by atoms with Gasteiger partial charge in [-0.15, -0.1) is 0 Å². The van der Waals surface area contributed by atoms with Crippen LogP contribution in [-0.4, -0.2) is 56.9 Å². The van der Waals surface area contributed by atoms with Crippen LogP contribution in [0, 0.1) is 13.8 Å². The maximum absolute atomic E-state index is 12.9. The molecule has 1 fully saturated rings. The number of aromatic nitrogens is 2. The highest BCUT2D eigenvalue weighted by Crippen LogP contribution is 2.17. The standard InChI is InChI=1S/C20H28N4O2/c1-15-12-18(16(2)22(15)4)20(26)24-8-5-7-23(10-11-24)19(25)13-17-6-9-21(3)14-17/h6,9,12,14H,5,7-8,10-11,13H2,1-4H3. The number of hydrogen-bond donors (Lipinski definition) is 0. The van der Waals surface area contributed by atoms with E-state index in [-0.39, 0.29) is 11.8 Å². The van der Waals surface area contributed by atoms with Gasteiger partial charge in [0.25, 0.3) is 5.91 Å². The lowest BCUT2D eigenvalue weighted by Gasteiger charge is -2.22. The molecular weight excluding hydrogens is 328 g/mol. The van der Waals surface area contributed by atoms with Gasteiger partial charge in [0.1, 0.15) is 0 Å². The summed E-state index contributed by atoms with van der Waals surface area (Å²) < 4.78 is 4.00. The topological polar surface area (TPSA) is 50.5 Å². The van der Waals surface area contributed by atoms with Gasteiger partial charge in [-0.25, -0.2) is 0 Å². The first kappa shape index (κ1) is 18.3. The first-order valence-electron chi connectivity index (χ1n) is 9.17. The van der Waals surface area contributed by atoms with Gasteiger partial charge >= 0.3 is 0 Å². The van der Waals surface area contributed by atoms with E-state index in [0.717, 1.165) is 28.9 Å². The predicted molar refractivity (Wildman–Crippen MR) is 101 cm³/mol. The molecule has 140 valence electrons. The van der Waals surface area contributed by atoms with Crippen LogP contribution in [-0.2, 0) is 25.3 Å². The Morgan fingerprint density at radius 3 is 2.35 bits per heavy atom. The number of nitrogens with zero attached hydrogens (tertiary/aromatic N) is 4. The fraction of sp³-hybridized carbons (Fsp3) is 0.500. The van der Waals surface area contributed by atoms with E-state index in [1.165, 1.54) is 0 Å². The predicted octanol–water partition coefficient (Wildman–Crippen LogP) is 1.90. The summed E-state index contributed by atoms with van der Waals surface area (Å²) in [6.45, 7) is 6.59. The highest BCUT2D eigenvalue weighted by Gasteiger charge is 2.25. The zero-order valence-corrected chi connectivity index (χ0v) is 16.2. The van der Waals surface area contributed by atoms with Gasteiger partial charge in [-0.3, -0.25) is 9.59 Å². The van der Waals surface area contributed by atoms with Gasteiger partial charge in [0.05, 0.1) is 12.0 Å². The van der Waals surface area contributed by atoms with Crippen molar-refractivity contribution in [3.05, 3.63) is 47.0 Å². The van der Waals surface area contributed by atoms with Crippen LogP contribution in [0.5, 0.6) is 0 Å². The molecule has 0 spiro atoms. The molecule has 2 amide bonds. The Morgan fingerprint density at radius 1 is 1.04 bits per heavy atom. The molecule has 1 saturated heterocycles. The van der Waals surface area contributed by atoms with Gasteiger partial charge in [0, 0.05) is 64.1 Å². The van der Waals surface area contributed by atoms with Crippen molar-refractivity contribution in [2.45, 2.75) is 26.7 Å². The van der Waals surface area contributed by atoms with E-state index in [1.807, 2.05) is 71.4 Å². The average molecular weight is 356 g/mol. The van der Waals surface area contributed by atoms with Gasteiger partial charge in [-0.2, -0.15) is 0 Å². The fourth-order valence-corrected chi connectivity index (χ4v) is 3.56. The van der Waals surface area contributed by atoms with Crippen LogP contribution in [0.1, 0.15) is 33.7 Å². The molecule has 6 nitrogen and oxygen atoms in total. The van der Waals surface area contributed by atoms with Crippen molar-refractivity contribution in [2.75, 3.05) is 26.2 Å². The van der Waals surface area contributed by atoms with Crippen molar-refractivity contribution in [1.82, 2.24) is 18.9 Å². The minimum atomic E-state index is 0.0727. The summed E-state index contributed by atoms with van der Waals surface area (Å²) in [5, 5.41) is 0. The van der Waals surface area contributed by atoms with Gasteiger partial charge in [0.15, 0.2) is 0 Å². The van der Waals surface area contributed by atoms with Crippen LogP contribution < -0.4 is 0 Å². The van der Waals surface area contributed by atoms with E-state index in [0.29, 0.717) is 32.6 Å². The summed E-state index contributed by atoms with van der Waals surface area (Å²) in [6.07, 6.45) is 5.17.